The minimum absolute atomic E-state index is 0.860. The van der Waals surface area contributed by atoms with Gasteiger partial charge in [0, 0.05) is 38.6 Å². The van der Waals surface area contributed by atoms with E-state index in [1.54, 1.807) is 0 Å². The number of anilines is 2. The Morgan fingerprint density at radius 1 is 0.682 bits per heavy atom. The highest BCUT2D eigenvalue weighted by Crippen LogP contribution is 2.23. The monoisotopic (exact) mass is 296 g/mol. The molecule has 0 fully saturated rings. The van der Waals surface area contributed by atoms with Crippen molar-refractivity contribution in [2.24, 2.45) is 10.2 Å². The lowest BCUT2D eigenvalue weighted by molar-refractivity contribution is 0.866. The van der Waals surface area contributed by atoms with Gasteiger partial charge < -0.3 is 9.80 Å². The first-order chi connectivity index (χ1) is 10.6. The van der Waals surface area contributed by atoms with Gasteiger partial charge in [0.25, 0.3) is 0 Å². The summed E-state index contributed by atoms with van der Waals surface area (Å²) in [7, 11) is 4.04. The maximum atomic E-state index is 4.30. The van der Waals surface area contributed by atoms with Crippen molar-refractivity contribution < 1.29 is 0 Å². The van der Waals surface area contributed by atoms with Crippen LogP contribution < -0.4 is 9.80 Å². The summed E-state index contributed by atoms with van der Waals surface area (Å²) < 4.78 is 0. The molecule has 2 aromatic rings. The van der Waals surface area contributed by atoms with Crippen LogP contribution in [0.25, 0.3) is 0 Å². The first-order valence-electron chi connectivity index (χ1n) is 7.68. The quantitative estimate of drug-likeness (QED) is 0.701. The second kappa shape index (κ2) is 7.59. The second-order valence-corrected chi connectivity index (χ2v) is 5.30. The molecule has 0 heterocycles. The smallest absolute Gasteiger partial charge is 0.0858 e. The first kappa shape index (κ1) is 16.0. The molecule has 0 saturated carbocycles. The van der Waals surface area contributed by atoms with Crippen LogP contribution in [0.1, 0.15) is 13.8 Å². The molecule has 4 heteroatoms. The van der Waals surface area contributed by atoms with Gasteiger partial charge in [0.15, 0.2) is 0 Å². The van der Waals surface area contributed by atoms with Gasteiger partial charge in [-0.1, -0.05) is 0 Å². The molecule has 0 N–H and O–H groups in total. The molecule has 0 aliphatic rings. The molecule has 22 heavy (non-hydrogen) atoms. The number of nitrogens with zero attached hydrogens (tertiary/aromatic N) is 4. The molecular formula is C18H24N4. The fourth-order valence-electron chi connectivity index (χ4n) is 2.25. The van der Waals surface area contributed by atoms with Crippen LogP contribution in [-0.4, -0.2) is 27.2 Å². The van der Waals surface area contributed by atoms with Crippen molar-refractivity contribution in [1.82, 2.24) is 0 Å². The molecule has 0 aromatic heterocycles. The van der Waals surface area contributed by atoms with E-state index >= 15 is 0 Å². The van der Waals surface area contributed by atoms with Crippen LogP contribution in [0.3, 0.4) is 0 Å². The Kier molecular flexibility index (Phi) is 5.53. The van der Waals surface area contributed by atoms with Crippen LogP contribution in [0.5, 0.6) is 0 Å². The Hall–Kier alpha value is -2.36. The zero-order valence-electron chi connectivity index (χ0n) is 13.8. The van der Waals surface area contributed by atoms with Gasteiger partial charge in [-0.3, -0.25) is 0 Å². The zero-order chi connectivity index (χ0) is 15.9. The molecule has 0 saturated heterocycles. The summed E-state index contributed by atoms with van der Waals surface area (Å²) in [5, 5.41) is 8.58. The molecule has 0 aliphatic carbocycles. The van der Waals surface area contributed by atoms with Gasteiger partial charge in [-0.2, -0.15) is 10.2 Å². The Morgan fingerprint density at radius 3 is 1.45 bits per heavy atom. The highest BCUT2D eigenvalue weighted by Gasteiger charge is 2.01. The van der Waals surface area contributed by atoms with Crippen LogP contribution in [0, 0.1) is 0 Å². The van der Waals surface area contributed by atoms with Crippen LogP contribution >= 0.6 is 0 Å². The average molecular weight is 296 g/mol. The number of benzene rings is 2. The molecule has 2 aromatic carbocycles. The second-order valence-electron chi connectivity index (χ2n) is 5.30. The van der Waals surface area contributed by atoms with Crippen molar-refractivity contribution in [3.8, 4) is 0 Å². The standard InChI is InChI=1S/C18H24N4/c1-5-22(6-2)18-13-9-16(10-14-18)20-19-15-7-11-17(12-8-15)21(3)4/h7-14H,5-6H2,1-4H3. The maximum Gasteiger partial charge on any atom is 0.0858 e. The van der Waals surface area contributed by atoms with E-state index in [9.17, 15) is 0 Å². The molecule has 0 unspecified atom stereocenters. The predicted octanol–water partition coefficient (Wildman–Crippen LogP) is 5.01. The highest BCUT2D eigenvalue weighted by molar-refractivity contribution is 5.54. The van der Waals surface area contributed by atoms with Crippen molar-refractivity contribution in [1.29, 1.82) is 0 Å². The third-order valence-electron chi connectivity index (χ3n) is 3.63. The van der Waals surface area contributed by atoms with E-state index in [-0.39, 0.29) is 0 Å². The highest BCUT2D eigenvalue weighted by atomic mass is 15.1. The Balaban J connectivity index is 2.06. The van der Waals surface area contributed by atoms with Gasteiger partial charge in [0.1, 0.15) is 0 Å². The first-order valence-corrected chi connectivity index (χ1v) is 7.68. The summed E-state index contributed by atoms with van der Waals surface area (Å²) in [6, 6.07) is 16.2. The molecule has 116 valence electrons. The predicted molar refractivity (Wildman–Crippen MR) is 94.9 cm³/mol. The van der Waals surface area contributed by atoms with Crippen molar-refractivity contribution in [3.63, 3.8) is 0 Å². The normalized spacial score (nSPS) is 10.9. The van der Waals surface area contributed by atoms with Gasteiger partial charge in [-0.25, -0.2) is 0 Å². The van der Waals surface area contributed by atoms with Gasteiger partial charge in [0.2, 0.25) is 0 Å². The summed E-state index contributed by atoms with van der Waals surface area (Å²) in [6.07, 6.45) is 0. The Bertz CT molecular complexity index is 596. The van der Waals surface area contributed by atoms with Crippen molar-refractivity contribution in [3.05, 3.63) is 48.5 Å². The van der Waals surface area contributed by atoms with Crippen LogP contribution in [0.4, 0.5) is 22.7 Å². The van der Waals surface area contributed by atoms with E-state index in [0.29, 0.717) is 0 Å². The number of hydrogen-bond acceptors (Lipinski definition) is 4. The lowest BCUT2D eigenvalue weighted by Gasteiger charge is -2.20. The molecular weight excluding hydrogens is 272 g/mol. The minimum Gasteiger partial charge on any atom is -0.378 e. The van der Waals surface area contributed by atoms with Crippen LogP contribution in [-0.2, 0) is 0 Å². The summed E-state index contributed by atoms with van der Waals surface area (Å²) in [5.74, 6) is 0. The zero-order valence-corrected chi connectivity index (χ0v) is 13.8. The summed E-state index contributed by atoms with van der Waals surface area (Å²) in [6.45, 7) is 6.34. The fourth-order valence-corrected chi connectivity index (χ4v) is 2.25. The largest absolute Gasteiger partial charge is 0.378 e. The Labute approximate surface area is 133 Å². The van der Waals surface area contributed by atoms with Crippen molar-refractivity contribution in [2.75, 3.05) is 37.0 Å². The summed E-state index contributed by atoms with van der Waals surface area (Å²) in [5.41, 5.74) is 4.10. The number of hydrogen-bond donors (Lipinski definition) is 0. The lowest BCUT2D eigenvalue weighted by Crippen LogP contribution is -2.21. The SMILES string of the molecule is CCN(CC)c1ccc(N=Nc2ccc(N(C)C)cc2)cc1. The minimum atomic E-state index is 0.860. The lowest BCUT2D eigenvalue weighted by atomic mass is 10.2. The van der Waals surface area contributed by atoms with E-state index in [1.165, 1.54) is 5.69 Å². The fraction of sp³-hybridized carbons (Fsp3) is 0.333. The molecule has 0 radical (unpaired) electrons. The summed E-state index contributed by atoms with van der Waals surface area (Å²) >= 11 is 0. The molecule has 0 spiro atoms. The van der Waals surface area contributed by atoms with E-state index < -0.39 is 0 Å². The van der Waals surface area contributed by atoms with Crippen molar-refractivity contribution >= 4 is 22.7 Å². The molecule has 0 amide bonds. The van der Waals surface area contributed by atoms with E-state index in [4.69, 9.17) is 0 Å². The van der Waals surface area contributed by atoms with Crippen molar-refractivity contribution in [2.45, 2.75) is 13.8 Å². The molecule has 0 aliphatic heterocycles. The topological polar surface area (TPSA) is 31.2 Å². The van der Waals surface area contributed by atoms with Crippen LogP contribution in [0.15, 0.2) is 58.8 Å². The van der Waals surface area contributed by atoms with E-state index in [0.717, 1.165) is 30.2 Å². The molecule has 2 rings (SSSR count). The van der Waals surface area contributed by atoms with Crippen LogP contribution in [0.2, 0.25) is 0 Å². The third kappa shape index (κ3) is 4.07. The van der Waals surface area contributed by atoms with Gasteiger partial charge in [-0.05, 0) is 62.4 Å². The summed E-state index contributed by atoms with van der Waals surface area (Å²) in [4.78, 5) is 4.37. The number of rotatable bonds is 6. The van der Waals surface area contributed by atoms with E-state index in [2.05, 4.69) is 46.0 Å². The molecule has 4 nitrogen and oxygen atoms in total. The molecule has 0 atom stereocenters. The van der Waals surface area contributed by atoms with E-state index in [1.807, 2.05) is 50.5 Å². The van der Waals surface area contributed by atoms with Gasteiger partial charge in [0.05, 0.1) is 11.4 Å². The maximum absolute atomic E-state index is 4.30. The van der Waals surface area contributed by atoms with Gasteiger partial charge in [-0.15, -0.1) is 0 Å². The number of azo groups is 1. The molecule has 0 bridgehead atoms. The third-order valence-corrected chi connectivity index (χ3v) is 3.63. The van der Waals surface area contributed by atoms with Gasteiger partial charge >= 0.3 is 0 Å². The Morgan fingerprint density at radius 2 is 1.09 bits per heavy atom. The average Bonchev–Trinajstić information content (AvgIpc) is 2.55.